The van der Waals surface area contributed by atoms with Gasteiger partial charge in [-0.1, -0.05) is 0 Å². The number of aryl methyl sites for hydroxylation is 1. The monoisotopic (exact) mass is 280 g/mol. The van der Waals surface area contributed by atoms with Crippen LogP contribution in [0.5, 0.6) is 0 Å². The maximum atomic E-state index is 9.70. The van der Waals surface area contributed by atoms with Crippen LogP contribution in [0.15, 0.2) is 6.20 Å². The first-order chi connectivity index (χ1) is 5.45. The average molecular weight is 280 g/mol. The maximum absolute atomic E-state index is 9.70. The smallest absolute Gasteiger partial charge is 0.107 e. The van der Waals surface area contributed by atoms with E-state index in [1.54, 1.807) is 13.8 Å². The quantitative estimate of drug-likeness (QED) is 0.838. The highest BCUT2D eigenvalue weighted by Gasteiger charge is 2.22. The Labute approximate surface area is 85.9 Å². The number of hydrogen-bond acceptors (Lipinski definition) is 2. The molecule has 0 fully saturated rings. The molecule has 0 saturated carbocycles. The molecule has 12 heavy (non-hydrogen) atoms. The van der Waals surface area contributed by atoms with E-state index in [0.29, 0.717) is 0 Å². The van der Waals surface area contributed by atoms with Gasteiger partial charge in [0.05, 0.1) is 3.57 Å². The van der Waals surface area contributed by atoms with Gasteiger partial charge < -0.3 is 5.11 Å². The SMILES string of the molecule is CCn1cc(I)c(C(C)(C)O)n1. The second-order valence-corrected chi connectivity index (χ2v) is 4.40. The molecule has 1 rings (SSSR count). The van der Waals surface area contributed by atoms with Gasteiger partial charge in [-0.2, -0.15) is 5.10 Å². The van der Waals surface area contributed by atoms with Gasteiger partial charge in [0.25, 0.3) is 0 Å². The van der Waals surface area contributed by atoms with E-state index in [9.17, 15) is 5.11 Å². The minimum absolute atomic E-state index is 0.755. The van der Waals surface area contributed by atoms with Crippen LogP contribution in [0, 0.1) is 3.57 Å². The minimum Gasteiger partial charge on any atom is -0.384 e. The van der Waals surface area contributed by atoms with Gasteiger partial charge in [0.2, 0.25) is 0 Å². The summed E-state index contributed by atoms with van der Waals surface area (Å²) in [5.41, 5.74) is -0.0818. The van der Waals surface area contributed by atoms with E-state index in [1.165, 1.54) is 0 Å². The molecule has 1 aromatic rings. The predicted molar refractivity (Wildman–Crippen MR) is 55.9 cm³/mol. The lowest BCUT2D eigenvalue weighted by molar-refractivity contribution is 0.0722. The van der Waals surface area contributed by atoms with E-state index in [0.717, 1.165) is 15.8 Å². The molecule has 0 radical (unpaired) electrons. The fraction of sp³-hybridized carbons (Fsp3) is 0.625. The first-order valence-electron chi connectivity index (χ1n) is 3.91. The van der Waals surface area contributed by atoms with E-state index < -0.39 is 5.60 Å². The lowest BCUT2D eigenvalue weighted by Crippen LogP contribution is -2.18. The van der Waals surface area contributed by atoms with Gasteiger partial charge in [-0.15, -0.1) is 0 Å². The Hall–Kier alpha value is -0.100. The molecular formula is C8H13IN2O. The first-order valence-corrected chi connectivity index (χ1v) is 4.99. The molecule has 0 aliphatic carbocycles. The zero-order valence-corrected chi connectivity index (χ0v) is 9.66. The molecule has 0 aliphatic rings. The summed E-state index contributed by atoms with van der Waals surface area (Å²) in [7, 11) is 0. The molecule has 0 aliphatic heterocycles. The molecule has 0 saturated heterocycles. The fourth-order valence-corrected chi connectivity index (χ4v) is 2.06. The topological polar surface area (TPSA) is 38.0 Å². The summed E-state index contributed by atoms with van der Waals surface area (Å²) < 4.78 is 2.84. The molecule has 1 N–H and O–H groups in total. The zero-order valence-electron chi connectivity index (χ0n) is 7.50. The van der Waals surface area contributed by atoms with Crippen molar-refractivity contribution in [2.45, 2.75) is 32.9 Å². The second-order valence-electron chi connectivity index (χ2n) is 3.24. The van der Waals surface area contributed by atoms with Gasteiger partial charge in [-0.3, -0.25) is 4.68 Å². The summed E-state index contributed by atoms with van der Waals surface area (Å²) in [4.78, 5) is 0. The first kappa shape index (κ1) is 9.98. The Morgan fingerprint density at radius 3 is 2.50 bits per heavy atom. The van der Waals surface area contributed by atoms with Crippen molar-refractivity contribution in [1.82, 2.24) is 9.78 Å². The Kier molecular flexibility index (Phi) is 2.77. The Bertz CT molecular complexity index is 275. The van der Waals surface area contributed by atoms with Gasteiger partial charge in [0.1, 0.15) is 11.3 Å². The van der Waals surface area contributed by atoms with Gasteiger partial charge in [-0.25, -0.2) is 0 Å². The summed E-state index contributed by atoms with van der Waals surface area (Å²) in [5, 5.41) is 14.0. The molecule has 1 heterocycles. The fourth-order valence-electron chi connectivity index (χ4n) is 0.974. The Morgan fingerprint density at radius 1 is 1.67 bits per heavy atom. The van der Waals surface area contributed by atoms with Crippen molar-refractivity contribution in [2.24, 2.45) is 0 Å². The van der Waals surface area contributed by atoms with Crippen molar-refractivity contribution >= 4 is 22.6 Å². The maximum Gasteiger partial charge on any atom is 0.107 e. The second kappa shape index (κ2) is 3.33. The van der Waals surface area contributed by atoms with Crippen LogP contribution in [-0.2, 0) is 12.1 Å². The zero-order chi connectivity index (χ0) is 9.35. The number of aliphatic hydroxyl groups is 1. The molecule has 0 aromatic carbocycles. The standard InChI is InChI=1S/C8H13IN2O/c1-4-11-5-6(9)7(10-11)8(2,3)12/h5,12H,4H2,1-3H3. The molecule has 0 unspecified atom stereocenters. The Morgan fingerprint density at radius 2 is 2.25 bits per heavy atom. The number of aromatic nitrogens is 2. The summed E-state index contributed by atoms with van der Waals surface area (Å²) >= 11 is 2.19. The van der Waals surface area contributed by atoms with Crippen LogP contribution in [0.25, 0.3) is 0 Å². The van der Waals surface area contributed by atoms with Crippen molar-refractivity contribution in [3.63, 3.8) is 0 Å². The number of halogens is 1. The largest absolute Gasteiger partial charge is 0.384 e. The predicted octanol–water partition coefficient (Wildman–Crippen LogP) is 1.73. The Balaban J connectivity index is 3.08. The highest BCUT2D eigenvalue weighted by Crippen LogP contribution is 2.22. The lowest BCUT2D eigenvalue weighted by Gasteiger charge is -2.14. The van der Waals surface area contributed by atoms with E-state index in [4.69, 9.17) is 0 Å². The molecule has 0 bridgehead atoms. The molecular weight excluding hydrogens is 267 g/mol. The van der Waals surface area contributed by atoms with Crippen LogP contribution in [0.3, 0.4) is 0 Å². The third-order valence-corrected chi connectivity index (χ3v) is 2.41. The van der Waals surface area contributed by atoms with Crippen molar-refractivity contribution in [3.05, 3.63) is 15.5 Å². The molecule has 68 valence electrons. The normalized spacial score (nSPS) is 12.1. The van der Waals surface area contributed by atoms with Crippen molar-refractivity contribution in [1.29, 1.82) is 0 Å². The van der Waals surface area contributed by atoms with Crippen molar-refractivity contribution in [3.8, 4) is 0 Å². The number of hydrogen-bond donors (Lipinski definition) is 1. The highest BCUT2D eigenvalue weighted by molar-refractivity contribution is 14.1. The molecule has 3 nitrogen and oxygen atoms in total. The van der Waals surface area contributed by atoms with Crippen LogP contribution in [0.1, 0.15) is 26.5 Å². The summed E-state index contributed by atoms with van der Waals surface area (Å²) in [6, 6.07) is 0. The van der Waals surface area contributed by atoms with Gasteiger partial charge in [0, 0.05) is 12.7 Å². The van der Waals surface area contributed by atoms with Gasteiger partial charge in [-0.05, 0) is 43.4 Å². The molecule has 0 spiro atoms. The summed E-state index contributed by atoms with van der Waals surface area (Å²) in [6.45, 7) is 6.36. The number of rotatable bonds is 2. The third kappa shape index (κ3) is 1.98. The van der Waals surface area contributed by atoms with Crippen LogP contribution < -0.4 is 0 Å². The van der Waals surface area contributed by atoms with Crippen molar-refractivity contribution in [2.75, 3.05) is 0 Å². The van der Waals surface area contributed by atoms with Gasteiger partial charge >= 0.3 is 0 Å². The average Bonchev–Trinajstić information content (AvgIpc) is 2.29. The van der Waals surface area contributed by atoms with Gasteiger partial charge in [0.15, 0.2) is 0 Å². The van der Waals surface area contributed by atoms with E-state index in [1.807, 2.05) is 17.8 Å². The number of nitrogens with zero attached hydrogens (tertiary/aromatic N) is 2. The molecule has 4 heteroatoms. The van der Waals surface area contributed by atoms with Crippen molar-refractivity contribution < 1.29 is 5.11 Å². The van der Waals surface area contributed by atoms with Crippen LogP contribution >= 0.6 is 22.6 Å². The summed E-state index contributed by atoms with van der Waals surface area (Å²) in [5.74, 6) is 0. The highest BCUT2D eigenvalue weighted by atomic mass is 127. The van der Waals surface area contributed by atoms with Crippen LogP contribution in [0.2, 0.25) is 0 Å². The van der Waals surface area contributed by atoms with E-state index in [2.05, 4.69) is 27.7 Å². The summed E-state index contributed by atoms with van der Waals surface area (Å²) in [6.07, 6.45) is 1.94. The lowest BCUT2D eigenvalue weighted by atomic mass is 10.1. The van der Waals surface area contributed by atoms with E-state index in [-0.39, 0.29) is 0 Å². The van der Waals surface area contributed by atoms with Crippen LogP contribution in [0.4, 0.5) is 0 Å². The van der Waals surface area contributed by atoms with Crippen LogP contribution in [-0.4, -0.2) is 14.9 Å². The third-order valence-electron chi connectivity index (χ3n) is 1.62. The molecule has 1 aromatic heterocycles. The molecule has 0 atom stereocenters. The molecule has 0 amide bonds. The minimum atomic E-state index is -0.836. The van der Waals surface area contributed by atoms with E-state index >= 15 is 0 Å².